The van der Waals surface area contributed by atoms with Gasteiger partial charge in [0.1, 0.15) is 0 Å². The SMILES string of the molecule is O=C(c1ccccc1)c1cc(O)c(-c2ccccc2)o1. The van der Waals surface area contributed by atoms with Gasteiger partial charge in [-0.25, -0.2) is 0 Å². The first-order chi connectivity index (χ1) is 9.75. The van der Waals surface area contributed by atoms with Gasteiger partial charge < -0.3 is 9.52 Å². The van der Waals surface area contributed by atoms with Gasteiger partial charge in [-0.15, -0.1) is 0 Å². The lowest BCUT2D eigenvalue weighted by Gasteiger charge is -1.98. The molecule has 3 nitrogen and oxygen atoms in total. The zero-order chi connectivity index (χ0) is 13.9. The second-order valence-corrected chi connectivity index (χ2v) is 4.39. The molecular formula is C17H12O3. The highest BCUT2D eigenvalue weighted by Gasteiger charge is 2.18. The average Bonchev–Trinajstić information content (AvgIpc) is 2.90. The third-order valence-electron chi connectivity index (χ3n) is 3.01. The maximum Gasteiger partial charge on any atom is 0.228 e. The summed E-state index contributed by atoms with van der Waals surface area (Å²) < 4.78 is 5.52. The van der Waals surface area contributed by atoms with Crippen LogP contribution in [0.15, 0.2) is 71.1 Å². The van der Waals surface area contributed by atoms with Crippen molar-refractivity contribution in [2.45, 2.75) is 0 Å². The topological polar surface area (TPSA) is 50.4 Å². The van der Waals surface area contributed by atoms with Crippen LogP contribution in [0, 0.1) is 0 Å². The van der Waals surface area contributed by atoms with E-state index in [1.165, 1.54) is 6.07 Å². The Labute approximate surface area is 116 Å². The number of benzene rings is 2. The van der Waals surface area contributed by atoms with E-state index in [2.05, 4.69) is 0 Å². The van der Waals surface area contributed by atoms with Crippen LogP contribution in [0.25, 0.3) is 11.3 Å². The highest BCUT2D eigenvalue weighted by atomic mass is 16.4. The van der Waals surface area contributed by atoms with Crippen LogP contribution in [0.3, 0.4) is 0 Å². The predicted octanol–water partition coefficient (Wildman–Crippen LogP) is 3.88. The van der Waals surface area contributed by atoms with Crippen molar-refractivity contribution in [1.29, 1.82) is 0 Å². The third kappa shape index (κ3) is 2.21. The molecule has 0 amide bonds. The number of ketones is 1. The van der Waals surface area contributed by atoms with Gasteiger partial charge in [0.05, 0.1) is 0 Å². The average molecular weight is 264 g/mol. The molecule has 1 aromatic heterocycles. The summed E-state index contributed by atoms with van der Waals surface area (Å²) in [5, 5.41) is 9.93. The molecule has 0 aliphatic rings. The molecule has 3 rings (SSSR count). The molecule has 0 saturated carbocycles. The summed E-state index contributed by atoms with van der Waals surface area (Å²) in [4.78, 5) is 12.2. The van der Waals surface area contributed by atoms with Crippen LogP contribution >= 0.6 is 0 Å². The Bertz CT molecular complexity index is 727. The molecule has 2 aromatic carbocycles. The first kappa shape index (κ1) is 12.2. The van der Waals surface area contributed by atoms with E-state index in [0.29, 0.717) is 11.3 Å². The number of carbonyl (C=O) groups is 1. The van der Waals surface area contributed by atoms with E-state index in [9.17, 15) is 9.90 Å². The molecule has 0 fully saturated rings. The quantitative estimate of drug-likeness (QED) is 0.730. The van der Waals surface area contributed by atoms with Crippen molar-refractivity contribution in [3.05, 3.63) is 78.1 Å². The molecule has 0 atom stereocenters. The van der Waals surface area contributed by atoms with Crippen molar-refractivity contribution in [3.63, 3.8) is 0 Å². The molecule has 0 aliphatic heterocycles. The summed E-state index contributed by atoms with van der Waals surface area (Å²) in [5.41, 5.74) is 1.26. The lowest BCUT2D eigenvalue weighted by Crippen LogP contribution is -1.98. The van der Waals surface area contributed by atoms with Crippen molar-refractivity contribution in [1.82, 2.24) is 0 Å². The molecule has 0 bridgehead atoms. The Kier molecular flexibility index (Phi) is 3.09. The maximum atomic E-state index is 12.2. The molecule has 0 spiro atoms. The first-order valence-corrected chi connectivity index (χ1v) is 6.23. The van der Waals surface area contributed by atoms with Crippen LogP contribution in [0.5, 0.6) is 5.75 Å². The van der Waals surface area contributed by atoms with E-state index in [0.717, 1.165) is 5.56 Å². The highest BCUT2D eigenvalue weighted by Crippen LogP contribution is 2.33. The molecule has 3 heteroatoms. The van der Waals surface area contributed by atoms with Gasteiger partial charge in [-0.3, -0.25) is 4.79 Å². The Morgan fingerprint density at radius 3 is 2.15 bits per heavy atom. The first-order valence-electron chi connectivity index (χ1n) is 6.23. The number of aromatic hydroxyl groups is 1. The second-order valence-electron chi connectivity index (χ2n) is 4.39. The fourth-order valence-electron chi connectivity index (χ4n) is 2.02. The normalized spacial score (nSPS) is 10.4. The number of hydrogen-bond acceptors (Lipinski definition) is 3. The zero-order valence-electron chi connectivity index (χ0n) is 10.6. The lowest BCUT2D eigenvalue weighted by atomic mass is 10.1. The molecule has 0 saturated heterocycles. The number of furan rings is 1. The van der Waals surface area contributed by atoms with Gasteiger partial charge in [0.2, 0.25) is 5.78 Å². The standard InChI is InChI=1S/C17H12O3/c18-14-11-15(16(19)12-7-3-1-4-8-12)20-17(14)13-9-5-2-6-10-13/h1-11,18H. The van der Waals surface area contributed by atoms with E-state index in [1.807, 2.05) is 36.4 Å². The molecule has 0 radical (unpaired) electrons. The summed E-state index contributed by atoms with van der Waals surface area (Å²) in [5.74, 6) is 0.163. The summed E-state index contributed by atoms with van der Waals surface area (Å²) in [6.07, 6.45) is 0. The monoisotopic (exact) mass is 264 g/mol. The van der Waals surface area contributed by atoms with E-state index in [-0.39, 0.29) is 17.3 Å². The lowest BCUT2D eigenvalue weighted by molar-refractivity contribution is 0.101. The third-order valence-corrected chi connectivity index (χ3v) is 3.01. The minimum absolute atomic E-state index is 0.0320. The van der Waals surface area contributed by atoms with Gasteiger partial charge in [-0.2, -0.15) is 0 Å². The molecule has 1 heterocycles. The molecule has 0 aliphatic carbocycles. The molecular weight excluding hydrogens is 252 g/mol. The van der Waals surface area contributed by atoms with Gasteiger partial charge in [0.15, 0.2) is 17.3 Å². The van der Waals surface area contributed by atoms with Gasteiger partial charge in [-0.1, -0.05) is 60.7 Å². The number of hydrogen-bond donors (Lipinski definition) is 1. The van der Waals surface area contributed by atoms with Crippen molar-refractivity contribution in [2.75, 3.05) is 0 Å². The summed E-state index contributed by atoms with van der Waals surface area (Å²) in [7, 11) is 0. The van der Waals surface area contributed by atoms with Crippen molar-refractivity contribution in [3.8, 4) is 17.1 Å². The van der Waals surface area contributed by atoms with Gasteiger partial charge >= 0.3 is 0 Å². The minimum Gasteiger partial charge on any atom is -0.504 e. The Morgan fingerprint density at radius 1 is 0.900 bits per heavy atom. The van der Waals surface area contributed by atoms with E-state index >= 15 is 0 Å². The molecule has 20 heavy (non-hydrogen) atoms. The van der Waals surface area contributed by atoms with Crippen LogP contribution < -0.4 is 0 Å². The van der Waals surface area contributed by atoms with Crippen LogP contribution in [0.2, 0.25) is 0 Å². The Morgan fingerprint density at radius 2 is 1.50 bits per heavy atom. The highest BCUT2D eigenvalue weighted by molar-refractivity contribution is 6.07. The largest absolute Gasteiger partial charge is 0.504 e. The van der Waals surface area contributed by atoms with Crippen LogP contribution in [0.1, 0.15) is 16.1 Å². The molecule has 1 N–H and O–H groups in total. The van der Waals surface area contributed by atoms with Gasteiger partial charge in [0, 0.05) is 17.2 Å². The smallest absolute Gasteiger partial charge is 0.228 e. The van der Waals surface area contributed by atoms with Crippen molar-refractivity contribution >= 4 is 5.78 Å². The van der Waals surface area contributed by atoms with Crippen LogP contribution in [0.4, 0.5) is 0 Å². The van der Waals surface area contributed by atoms with Crippen LogP contribution in [-0.4, -0.2) is 10.9 Å². The van der Waals surface area contributed by atoms with E-state index in [4.69, 9.17) is 4.42 Å². The fraction of sp³-hybridized carbons (Fsp3) is 0. The minimum atomic E-state index is -0.247. The maximum absolute atomic E-state index is 12.2. The Hall–Kier alpha value is -2.81. The summed E-state index contributed by atoms with van der Waals surface area (Å²) in [6.45, 7) is 0. The predicted molar refractivity (Wildman–Crippen MR) is 75.7 cm³/mol. The summed E-state index contributed by atoms with van der Waals surface area (Å²) in [6, 6.07) is 19.4. The van der Waals surface area contributed by atoms with Crippen molar-refractivity contribution < 1.29 is 14.3 Å². The number of rotatable bonds is 3. The zero-order valence-corrected chi connectivity index (χ0v) is 10.6. The summed E-state index contributed by atoms with van der Waals surface area (Å²) >= 11 is 0. The molecule has 98 valence electrons. The van der Waals surface area contributed by atoms with Gasteiger partial charge in [-0.05, 0) is 0 Å². The fourth-order valence-corrected chi connectivity index (χ4v) is 2.02. The Balaban J connectivity index is 2.00. The van der Waals surface area contributed by atoms with E-state index < -0.39 is 0 Å². The number of carbonyl (C=O) groups excluding carboxylic acids is 1. The molecule has 0 unspecified atom stereocenters. The molecule has 3 aromatic rings. The second kappa shape index (κ2) is 5.05. The van der Waals surface area contributed by atoms with Gasteiger partial charge in [0.25, 0.3) is 0 Å². The van der Waals surface area contributed by atoms with Crippen LogP contribution in [-0.2, 0) is 0 Å². The van der Waals surface area contributed by atoms with E-state index in [1.54, 1.807) is 24.3 Å². The van der Waals surface area contributed by atoms with Crippen molar-refractivity contribution in [2.24, 2.45) is 0 Å².